The predicted molar refractivity (Wildman–Crippen MR) is 76.5 cm³/mol. The number of carbonyl (C=O) groups excluding carboxylic acids is 1. The number of carbonyl (C=O) groups is 1. The monoisotopic (exact) mass is 274 g/mol. The van der Waals surface area contributed by atoms with Crippen LogP contribution in [0.5, 0.6) is 0 Å². The summed E-state index contributed by atoms with van der Waals surface area (Å²) in [5.74, 6) is 0.584. The van der Waals surface area contributed by atoms with Crippen LogP contribution in [0.1, 0.15) is 35.7 Å². The molecule has 19 heavy (non-hydrogen) atoms. The summed E-state index contributed by atoms with van der Waals surface area (Å²) in [6, 6.07) is 11.1. The summed E-state index contributed by atoms with van der Waals surface area (Å²) in [5.41, 5.74) is 1.96. The van der Waals surface area contributed by atoms with Gasteiger partial charge in [0, 0.05) is 22.7 Å². The molecule has 0 aliphatic rings. The highest BCUT2D eigenvalue weighted by Gasteiger charge is 2.12. The van der Waals surface area contributed by atoms with Gasteiger partial charge in [-0.15, -0.1) is 0 Å². The summed E-state index contributed by atoms with van der Waals surface area (Å²) in [6.45, 7) is 4.65. The molecule has 0 fully saturated rings. The Morgan fingerprint density at radius 1 is 1.11 bits per heavy atom. The van der Waals surface area contributed by atoms with Gasteiger partial charge < -0.3 is 0 Å². The average Bonchev–Trinajstić information content (AvgIpc) is 2.40. The molecule has 1 aromatic carbocycles. The van der Waals surface area contributed by atoms with E-state index in [1.165, 1.54) is 5.56 Å². The zero-order chi connectivity index (χ0) is 13.8. The van der Waals surface area contributed by atoms with Gasteiger partial charge in [-0.2, -0.15) is 4.57 Å². The number of hydrogen-bond acceptors (Lipinski definition) is 1. The van der Waals surface area contributed by atoms with E-state index in [1.807, 2.05) is 17.0 Å². The summed E-state index contributed by atoms with van der Waals surface area (Å²) in [7, 11) is 0. The first-order valence-corrected chi connectivity index (χ1v) is 6.72. The zero-order valence-corrected chi connectivity index (χ0v) is 11.9. The van der Waals surface area contributed by atoms with Crippen LogP contribution >= 0.6 is 11.6 Å². The lowest BCUT2D eigenvalue weighted by Crippen LogP contribution is -2.37. The van der Waals surface area contributed by atoms with E-state index in [0.29, 0.717) is 23.0 Å². The average molecular weight is 275 g/mol. The molecule has 0 unspecified atom stereocenters. The molecule has 0 aliphatic carbocycles. The Bertz CT molecular complexity index is 558. The highest BCUT2D eigenvalue weighted by Crippen LogP contribution is 2.12. The van der Waals surface area contributed by atoms with Crippen LogP contribution in [-0.2, 0) is 6.54 Å². The lowest BCUT2D eigenvalue weighted by molar-refractivity contribution is -0.683. The number of halogens is 1. The Morgan fingerprint density at radius 2 is 1.68 bits per heavy atom. The molecule has 0 N–H and O–H groups in total. The lowest BCUT2D eigenvalue weighted by atomic mass is 10.1. The van der Waals surface area contributed by atoms with Crippen molar-refractivity contribution in [2.45, 2.75) is 26.3 Å². The van der Waals surface area contributed by atoms with Gasteiger partial charge in [-0.25, -0.2) is 0 Å². The van der Waals surface area contributed by atoms with Crippen molar-refractivity contribution in [3.05, 3.63) is 64.9 Å². The topological polar surface area (TPSA) is 20.9 Å². The van der Waals surface area contributed by atoms with Gasteiger partial charge in [-0.05, 0) is 35.7 Å². The largest absolute Gasteiger partial charge is 0.287 e. The van der Waals surface area contributed by atoms with Gasteiger partial charge >= 0.3 is 0 Å². The third kappa shape index (κ3) is 3.65. The first-order valence-electron chi connectivity index (χ1n) is 6.34. The molecule has 0 aliphatic heterocycles. The van der Waals surface area contributed by atoms with Crippen molar-refractivity contribution < 1.29 is 9.36 Å². The Labute approximate surface area is 118 Å². The van der Waals surface area contributed by atoms with Crippen LogP contribution in [0.3, 0.4) is 0 Å². The summed E-state index contributed by atoms with van der Waals surface area (Å²) < 4.78 is 1.89. The Hall–Kier alpha value is -1.67. The lowest BCUT2D eigenvalue weighted by Gasteiger charge is -2.03. The molecule has 0 radical (unpaired) electrons. The number of aromatic nitrogens is 1. The first-order chi connectivity index (χ1) is 9.06. The van der Waals surface area contributed by atoms with E-state index < -0.39 is 0 Å². The molecule has 0 bridgehead atoms. The van der Waals surface area contributed by atoms with Crippen molar-refractivity contribution in [1.82, 2.24) is 0 Å². The van der Waals surface area contributed by atoms with Crippen molar-refractivity contribution in [2.24, 2.45) is 0 Å². The molecular formula is C16H17ClNO+. The molecule has 2 aromatic rings. The molecule has 1 heterocycles. The van der Waals surface area contributed by atoms with Crippen LogP contribution in [0, 0.1) is 0 Å². The van der Waals surface area contributed by atoms with Crippen LogP contribution in [0.2, 0.25) is 5.02 Å². The minimum absolute atomic E-state index is 0.0824. The molecule has 98 valence electrons. The number of Topliss-reactive ketones (excluding diaryl/α,β-unsaturated/α-hetero) is 1. The third-order valence-electron chi connectivity index (χ3n) is 3.08. The van der Waals surface area contributed by atoms with Gasteiger partial charge in [-0.3, -0.25) is 4.79 Å². The van der Waals surface area contributed by atoms with Gasteiger partial charge in [0.25, 0.3) is 0 Å². The summed E-state index contributed by atoms with van der Waals surface area (Å²) in [5, 5.41) is 0.644. The van der Waals surface area contributed by atoms with Crippen LogP contribution < -0.4 is 4.57 Å². The summed E-state index contributed by atoms with van der Waals surface area (Å²) in [4.78, 5) is 12.1. The van der Waals surface area contributed by atoms with Crippen LogP contribution in [0.15, 0.2) is 48.8 Å². The maximum absolute atomic E-state index is 12.1. The smallest absolute Gasteiger partial charge is 0.227 e. The molecule has 1 aromatic heterocycles. The van der Waals surface area contributed by atoms with Crippen molar-refractivity contribution >= 4 is 17.4 Å². The van der Waals surface area contributed by atoms with Gasteiger partial charge in [0.15, 0.2) is 12.4 Å². The van der Waals surface area contributed by atoms with E-state index in [9.17, 15) is 4.79 Å². The van der Waals surface area contributed by atoms with E-state index in [0.717, 1.165) is 0 Å². The Balaban J connectivity index is 2.08. The molecule has 0 saturated heterocycles. The summed E-state index contributed by atoms with van der Waals surface area (Å²) >= 11 is 5.81. The molecule has 0 saturated carbocycles. The van der Waals surface area contributed by atoms with Crippen molar-refractivity contribution in [3.8, 4) is 0 Å². The quantitative estimate of drug-likeness (QED) is 0.616. The van der Waals surface area contributed by atoms with E-state index in [4.69, 9.17) is 11.6 Å². The molecule has 2 nitrogen and oxygen atoms in total. The number of nitrogens with zero attached hydrogens (tertiary/aromatic N) is 1. The molecule has 0 spiro atoms. The van der Waals surface area contributed by atoms with Crippen LogP contribution in [0.25, 0.3) is 0 Å². The second-order valence-electron chi connectivity index (χ2n) is 4.89. The fourth-order valence-electron chi connectivity index (χ4n) is 1.85. The van der Waals surface area contributed by atoms with E-state index in [-0.39, 0.29) is 5.78 Å². The number of hydrogen-bond donors (Lipinski definition) is 0. The van der Waals surface area contributed by atoms with Gasteiger partial charge in [0.1, 0.15) is 0 Å². The second-order valence-corrected chi connectivity index (χ2v) is 5.33. The Kier molecular flexibility index (Phi) is 4.33. The van der Waals surface area contributed by atoms with Crippen LogP contribution in [-0.4, -0.2) is 5.78 Å². The zero-order valence-electron chi connectivity index (χ0n) is 11.1. The SMILES string of the molecule is CC(C)c1cc[n+](CC(=O)c2ccc(Cl)cc2)cc1. The van der Waals surface area contributed by atoms with Crippen molar-refractivity contribution in [2.75, 3.05) is 0 Å². The minimum atomic E-state index is 0.0824. The number of ketones is 1. The minimum Gasteiger partial charge on any atom is -0.287 e. The molecule has 2 rings (SSSR count). The predicted octanol–water partition coefficient (Wildman–Crippen LogP) is 3.63. The Morgan fingerprint density at radius 3 is 2.21 bits per heavy atom. The third-order valence-corrected chi connectivity index (χ3v) is 3.33. The maximum atomic E-state index is 12.1. The first kappa shape index (κ1) is 13.8. The summed E-state index contributed by atoms with van der Waals surface area (Å²) in [6.07, 6.45) is 3.90. The van der Waals surface area contributed by atoms with Gasteiger partial charge in [0.2, 0.25) is 12.3 Å². The second kappa shape index (κ2) is 5.98. The molecule has 0 amide bonds. The maximum Gasteiger partial charge on any atom is 0.227 e. The van der Waals surface area contributed by atoms with Gasteiger partial charge in [-0.1, -0.05) is 25.4 Å². The van der Waals surface area contributed by atoms with E-state index >= 15 is 0 Å². The van der Waals surface area contributed by atoms with Crippen molar-refractivity contribution in [3.63, 3.8) is 0 Å². The van der Waals surface area contributed by atoms with Gasteiger partial charge in [0.05, 0.1) is 0 Å². The number of pyridine rings is 1. The fourth-order valence-corrected chi connectivity index (χ4v) is 1.98. The van der Waals surface area contributed by atoms with E-state index in [2.05, 4.69) is 26.0 Å². The normalized spacial score (nSPS) is 10.7. The molecular weight excluding hydrogens is 258 g/mol. The van der Waals surface area contributed by atoms with Crippen molar-refractivity contribution in [1.29, 1.82) is 0 Å². The fraction of sp³-hybridized carbons (Fsp3) is 0.250. The van der Waals surface area contributed by atoms with E-state index in [1.54, 1.807) is 24.3 Å². The highest BCUT2D eigenvalue weighted by atomic mass is 35.5. The van der Waals surface area contributed by atoms with Crippen LogP contribution in [0.4, 0.5) is 0 Å². The number of benzene rings is 1. The standard InChI is InChI=1S/C16H17ClNO/c1-12(2)13-7-9-18(10-8-13)11-16(19)14-3-5-15(17)6-4-14/h3-10,12H,11H2,1-2H3/q+1. The number of rotatable bonds is 4. The highest BCUT2D eigenvalue weighted by molar-refractivity contribution is 6.30. The molecule has 0 atom stereocenters. The molecule has 3 heteroatoms.